The van der Waals surface area contributed by atoms with Gasteiger partial charge in [-0.15, -0.1) is 0 Å². The van der Waals surface area contributed by atoms with Crippen LogP contribution in [0.4, 0.5) is 0 Å². The molecule has 0 aromatic heterocycles. The lowest BCUT2D eigenvalue weighted by atomic mass is 10.1. The summed E-state index contributed by atoms with van der Waals surface area (Å²) in [5.74, 6) is 0. The highest BCUT2D eigenvalue weighted by molar-refractivity contribution is 5.61. The summed E-state index contributed by atoms with van der Waals surface area (Å²) in [6.07, 6.45) is 7.66. The second-order valence-corrected chi connectivity index (χ2v) is 4.64. The smallest absolute Gasteiger partial charge is 0.0273 e. The lowest BCUT2D eigenvalue weighted by molar-refractivity contribution is 1.03. The lowest BCUT2D eigenvalue weighted by Gasteiger charge is -1.95. The predicted molar refractivity (Wildman–Crippen MR) is 86.5 cm³/mol. The molecule has 0 fully saturated rings. The molecule has 0 amide bonds. The number of hydrogen-bond donors (Lipinski definition) is 0. The van der Waals surface area contributed by atoms with E-state index in [0.29, 0.717) is 0 Å². The SMILES string of the molecule is C(CCc1ccccc1)=NN=CCCc1ccccc1. The molecule has 2 aromatic rings. The monoisotopic (exact) mass is 264 g/mol. The molecule has 0 saturated carbocycles. The third-order valence-corrected chi connectivity index (χ3v) is 3.04. The van der Waals surface area contributed by atoms with Gasteiger partial charge >= 0.3 is 0 Å². The van der Waals surface area contributed by atoms with Crippen LogP contribution in [0.3, 0.4) is 0 Å². The Bertz CT molecular complexity index is 478. The van der Waals surface area contributed by atoms with Crippen molar-refractivity contribution < 1.29 is 0 Å². The molecule has 0 N–H and O–H groups in total. The minimum absolute atomic E-state index is 0.931. The maximum absolute atomic E-state index is 4.06. The minimum Gasteiger partial charge on any atom is -0.164 e. The summed E-state index contributed by atoms with van der Waals surface area (Å²) in [5, 5.41) is 8.12. The first-order valence-electron chi connectivity index (χ1n) is 7.06. The molecule has 0 unspecified atom stereocenters. The fourth-order valence-corrected chi connectivity index (χ4v) is 1.96. The van der Waals surface area contributed by atoms with Crippen LogP contribution in [0.15, 0.2) is 70.9 Å². The second kappa shape index (κ2) is 8.81. The lowest BCUT2D eigenvalue weighted by Crippen LogP contribution is -1.86. The molecule has 0 aliphatic carbocycles. The van der Waals surface area contributed by atoms with Gasteiger partial charge in [0, 0.05) is 12.4 Å². The number of benzene rings is 2. The average Bonchev–Trinajstić information content (AvgIpc) is 2.52. The highest BCUT2D eigenvalue weighted by Crippen LogP contribution is 2.02. The van der Waals surface area contributed by atoms with E-state index in [0.717, 1.165) is 25.7 Å². The Hall–Kier alpha value is -2.22. The summed E-state index contributed by atoms with van der Waals surface area (Å²) in [7, 11) is 0. The van der Waals surface area contributed by atoms with Gasteiger partial charge in [0.1, 0.15) is 0 Å². The zero-order valence-corrected chi connectivity index (χ0v) is 11.7. The van der Waals surface area contributed by atoms with Gasteiger partial charge in [-0.2, -0.15) is 10.2 Å². The van der Waals surface area contributed by atoms with Crippen LogP contribution in [0.2, 0.25) is 0 Å². The van der Waals surface area contributed by atoms with Crippen molar-refractivity contribution in [1.82, 2.24) is 0 Å². The molecule has 0 heterocycles. The van der Waals surface area contributed by atoms with Crippen molar-refractivity contribution in [2.75, 3.05) is 0 Å². The van der Waals surface area contributed by atoms with Gasteiger partial charge in [0.25, 0.3) is 0 Å². The first-order valence-corrected chi connectivity index (χ1v) is 7.06. The van der Waals surface area contributed by atoms with E-state index in [1.165, 1.54) is 11.1 Å². The average molecular weight is 264 g/mol. The summed E-state index contributed by atoms with van der Waals surface area (Å²) in [6, 6.07) is 20.9. The maximum Gasteiger partial charge on any atom is 0.0273 e. The highest BCUT2D eigenvalue weighted by atomic mass is 15.2. The fourth-order valence-electron chi connectivity index (χ4n) is 1.96. The van der Waals surface area contributed by atoms with E-state index >= 15 is 0 Å². The Balaban J connectivity index is 1.60. The molecular weight excluding hydrogens is 244 g/mol. The molecule has 0 saturated heterocycles. The molecule has 0 atom stereocenters. The van der Waals surface area contributed by atoms with Crippen LogP contribution in [0.25, 0.3) is 0 Å². The normalized spacial score (nSPS) is 11.4. The molecule has 2 heteroatoms. The number of nitrogens with zero attached hydrogens (tertiary/aromatic N) is 2. The molecule has 2 nitrogen and oxygen atoms in total. The number of aryl methyl sites for hydroxylation is 2. The van der Waals surface area contributed by atoms with Crippen molar-refractivity contribution in [1.29, 1.82) is 0 Å². The van der Waals surface area contributed by atoms with E-state index in [1.54, 1.807) is 0 Å². The van der Waals surface area contributed by atoms with Crippen molar-refractivity contribution in [3.63, 3.8) is 0 Å². The van der Waals surface area contributed by atoms with Gasteiger partial charge in [-0.3, -0.25) is 0 Å². The Morgan fingerprint density at radius 2 is 1.00 bits per heavy atom. The largest absolute Gasteiger partial charge is 0.164 e. The van der Waals surface area contributed by atoms with Crippen LogP contribution in [0.1, 0.15) is 24.0 Å². The van der Waals surface area contributed by atoms with Gasteiger partial charge in [-0.05, 0) is 36.8 Å². The van der Waals surface area contributed by atoms with E-state index in [4.69, 9.17) is 0 Å². The van der Waals surface area contributed by atoms with Gasteiger partial charge < -0.3 is 0 Å². The highest BCUT2D eigenvalue weighted by Gasteiger charge is 1.89. The zero-order valence-electron chi connectivity index (χ0n) is 11.7. The van der Waals surface area contributed by atoms with Gasteiger partial charge in [0.2, 0.25) is 0 Å². The van der Waals surface area contributed by atoms with Crippen LogP contribution in [0, 0.1) is 0 Å². The van der Waals surface area contributed by atoms with E-state index in [2.05, 4.69) is 58.7 Å². The van der Waals surface area contributed by atoms with Crippen LogP contribution >= 0.6 is 0 Å². The molecule has 2 aromatic carbocycles. The summed E-state index contributed by atoms with van der Waals surface area (Å²) >= 11 is 0. The molecule has 0 bridgehead atoms. The molecule has 0 radical (unpaired) electrons. The quantitative estimate of drug-likeness (QED) is 0.526. The maximum atomic E-state index is 4.06. The summed E-state index contributed by atoms with van der Waals surface area (Å²) in [5.41, 5.74) is 2.68. The standard InChI is InChI=1S/C18H20N2/c1-3-9-17(10-4-1)13-7-15-19-20-16-8-14-18-11-5-2-6-12-18/h1-6,9-12,15-16H,7-8,13-14H2. The summed E-state index contributed by atoms with van der Waals surface area (Å²) in [6.45, 7) is 0. The predicted octanol–water partition coefficient (Wildman–Crippen LogP) is 4.31. The first-order chi connectivity index (χ1) is 9.95. The Kier molecular flexibility index (Phi) is 6.25. The van der Waals surface area contributed by atoms with Crippen molar-refractivity contribution >= 4 is 12.4 Å². The molecule has 0 aliphatic heterocycles. The first kappa shape index (κ1) is 14.2. The second-order valence-electron chi connectivity index (χ2n) is 4.64. The summed E-state index contributed by atoms with van der Waals surface area (Å²) < 4.78 is 0. The molecule has 2 rings (SSSR count). The molecule has 102 valence electrons. The third-order valence-electron chi connectivity index (χ3n) is 3.04. The topological polar surface area (TPSA) is 24.7 Å². The Morgan fingerprint density at radius 3 is 1.40 bits per heavy atom. The van der Waals surface area contributed by atoms with Crippen LogP contribution in [0.5, 0.6) is 0 Å². The Morgan fingerprint density at radius 1 is 0.600 bits per heavy atom. The Labute approximate surface area is 120 Å². The number of hydrogen-bond acceptors (Lipinski definition) is 2. The van der Waals surface area contributed by atoms with Crippen molar-refractivity contribution in [2.24, 2.45) is 10.2 Å². The van der Waals surface area contributed by atoms with Crippen LogP contribution < -0.4 is 0 Å². The third kappa shape index (κ3) is 5.61. The van der Waals surface area contributed by atoms with E-state index in [-0.39, 0.29) is 0 Å². The van der Waals surface area contributed by atoms with Gasteiger partial charge in [0.15, 0.2) is 0 Å². The van der Waals surface area contributed by atoms with Gasteiger partial charge in [0.05, 0.1) is 0 Å². The van der Waals surface area contributed by atoms with E-state index in [9.17, 15) is 0 Å². The fraction of sp³-hybridized carbons (Fsp3) is 0.222. The number of rotatable bonds is 7. The van der Waals surface area contributed by atoms with Crippen LogP contribution in [-0.4, -0.2) is 12.4 Å². The van der Waals surface area contributed by atoms with E-state index in [1.807, 2.05) is 24.6 Å². The van der Waals surface area contributed by atoms with Crippen molar-refractivity contribution in [3.05, 3.63) is 71.8 Å². The van der Waals surface area contributed by atoms with Crippen LogP contribution in [-0.2, 0) is 12.8 Å². The zero-order chi connectivity index (χ0) is 13.9. The molecule has 0 spiro atoms. The van der Waals surface area contributed by atoms with Crippen molar-refractivity contribution in [2.45, 2.75) is 25.7 Å². The van der Waals surface area contributed by atoms with Crippen molar-refractivity contribution in [3.8, 4) is 0 Å². The van der Waals surface area contributed by atoms with E-state index < -0.39 is 0 Å². The molecule has 20 heavy (non-hydrogen) atoms. The molecule has 0 aliphatic rings. The van der Waals surface area contributed by atoms with Gasteiger partial charge in [-0.1, -0.05) is 60.7 Å². The summed E-state index contributed by atoms with van der Waals surface area (Å²) in [4.78, 5) is 0. The van der Waals surface area contributed by atoms with Gasteiger partial charge in [-0.25, -0.2) is 0 Å². The minimum atomic E-state index is 0.931. The molecular formula is C18H20N2.